The molecule has 2 atom stereocenters. The molecule has 102 valence electrons. The van der Waals surface area contributed by atoms with Gasteiger partial charge in [-0.25, -0.2) is 4.98 Å². The molecule has 1 aromatic rings. The Bertz CT molecular complexity index is 358. The van der Waals surface area contributed by atoms with Crippen LogP contribution in [-0.4, -0.2) is 36.1 Å². The number of aromatic nitrogens is 1. The molecular weight excluding hydrogens is 242 g/mol. The fourth-order valence-electron chi connectivity index (χ4n) is 2.73. The molecule has 0 radical (unpaired) electrons. The molecular formula is C14H25N3S. The molecule has 1 aromatic heterocycles. The van der Waals surface area contributed by atoms with Crippen LogP contribution in [0.25, 0.3) is 0 Å². The fourth-order valence-corrected chi connectivity index (χ4v) is 3.43. The molecule has 0 amide bonds. The van der Waals surface area contributed by atoms with E-state index in [-0.39, 0.29) is 0 Å². The number of hydrogen-bond acceptors (Lipinski definition) is 4. The molecule has 18 heavy (non-hydrogen) atoms. The fraction of sp³-hybridized carbons (Fsp3) is 0.786. The Morgan fingerprint density at radius 1 is 1.61 bits per heavy atom. The van der Waals surface area contributed by atoms with E-state index >= 15 is 0 Å². The highest BCUT2D eigenvalue weighted by Gasteiger charge is 2.21. The monoisotopic (exact) mass is 267 g/mol. The van der Waals surface area contributed by atoms with Gasteiger partial charge in [0.15, 0.2) is 0 Å². The Kier molecular flexibility index (Phi) is 5.15. The zero-order chi connectivity index (χ0) is 13.0. The minimum atomic E-state index is 0.446. The van der Waals surface area contributed by atoms with Gasteiger partial charge in [0.2, 0.25) is 0 Å². The van der Waals surface area contributed by atoms with Crippen molar-refractivity contribution in [2.45, 2.75) is 39.7 Å². The van der Waals surface area contributed by atoms with Crippen molar-refractivity contribution in [3.05, 3.63) is 16.1 Å². The predicted molar refractivity (Wildman–Crippen MR) is 78.1 cm³/mol. The van der Waals surface area contributed by atoms with E-state index < -0.39 is 0 Å². The minimum Gasteiger partial charge on any atom is -0.316 e. The number of thiazole rings is 1. The molecule has 1 aliphatic heterocycles. The van der Waals surface area contributed by atoms with Gasteiger partial charge in [0.25, 0.3) is 0 Å². The van der Waals surface area contributed by atoms with Crippen molar-refractivity contribution in [2.24, 2.45) is 5.92 Å². The van der Waals surface area contributed by atoms with Crippen molar-refractivity contribution < 1.29 is 0 Å². The van der Waals surface area contributed by atoms with E-state index in [1.165, 1.54) is 43.2 Å². The van der Waals surface area contributed by atoms with E-state index in [0.717, 1.165) is 12.5 Å². The van der Waals surface area contributed by atoms with Crippen LogP contribution in [0.4, 0.5) is 0 Å². The standard InChI is InChI=1S/C14H25N3S/c1-4-17(9-13-6-5-7-15-8-13)11(2)14-10-18-12(3)16-14/h10-11,13,15H,4-9H2,1-3H3. The van der Waals surface area contributed by atoms with Crippen LogP contribution in [-0.2, 0) is 0 Å². The number of nitrogens with zero attached hydrogens (tertiary/aromatic N) is 2. The Hall–Kier alpha value is -0.450. The third-order valence-electron chi connectivity index (χ3n) is 3.91. The smallest absolute Gasteiger partial charge is 0.0898 e. The summed E-state index contributed by atoms with van der Waals surface area (Å²) in [6.45, 7) is 11.3. The summed E-state index contributed by atoms with van der Waals surface area (Å²) in [5.74, 6) is 0.806. The molecule has 2 rings (SSSR count). The quantitative estimate of drug-likeness (QED) is 0.889. The Morgan fingerprint density at radius 3 is 3.00 bits per heavy atom. The lowest BCUT2D eigenvalue weighted by Crippen LogP contribution is -2.39. The molecule has 2 heterocycles. The van der Waals surface area contributed by atoms with Crippen LogP contribution in [0.5, 0.6) is 0 Å². The van der Waals surface area contributed by atoms with Crippen molar-refractivity contribution in [3.63, 3.8) is 0 Å². The third-order valence-corrected chi connectivity index (χ3v) is 4.70. The minimum absolute atomic E-state index is 0.446. The van der Waals surface area contributed by atoms with E-state index in [1.807, 2.05) is 0 Å². The Balaban J connectivity index is 1.94. The van der Waals surface area contributed by atoms with Crippen molar-refractivity contribution in [2.75, 3.05) is 26.2 Å². The lowest BCUT2D eigenvalue weighted by atomic mass is 9.98. The van der Waals surface area contributed by atoms with Gasteiger partial charge in [-0.15, -0.1) is 11.3 Å². The van der Waals surface area contributed by atoms with Gasteiger partial charge < -0.3 is 5.32 Å². The number of aryl methyl sites for hydroxylation is 1. The highest BCUT2D eigenvalue weighted by atomic mass is 32.1. The van der Waals surface area contributed by atoms with E-state index in [4.69, 9.17) is 0 Å². The lowest BCUT2D eigenvalue weighted by Gasteiger charge is -2.32. The summed E-state index contributed by atoms with van der Waals surface area (Å²) in [7, 11) is 0. The van der Waals surface area contributed by atoms with Crippen LogP contribution in [0.15, 0.2) is 5.38 Å². The molecule has 1 N–H and O–H groups in total. The molecule has 3 nitrogen and oxygen atoms in total. The molecule has 0 saturated carbocycles. The van der Waals surface area contributed by atoms with E-state index in [1.54, 1.807) is 11.3 Å². The zero-order valence-electron chi connectivity index (χ0n) is 11.8. The van der Waals surface area contributed by atoms with Gasteiger partial charge in [0.05, 0.1) is 16.7 Å². The van der Waals surface area contributed by atoms with Gasteiger partial charge in [0.1, 0.15) is 0 Å². The molecule has 2 unspecified atom stereocenters. The van der Waals surface area contributed by atoms with Crippen LogP contribution in [0, 0.1) is 12.8 Å². The van der Waals surface area contributed by atoms with Crippen LogP contribution in [0.1, 0.15) is 43.4 Å². The van der Waals surface area contributed by atoms with Crippen LogP contribution in [0.2, 0.25) is 0 Å². The van der Waals surface area contributed by atoms with E-state index in [0.29, 0.717) is 6.04 Å². The van der Waals surface area contributed by atoms with Gasteiger partial charge in [-0.1, -0.05) is 6.92 Å². The third kappa shape index (κ3) is 3.53. The highest BCUT2D eigenvalue weighted by molar-refractivity contribution is 7.09. The molecule has 1 fully saturated rings. The highest BCUT2D eigenvalue weighted by Crippen LogP contribution is 2.24. The number of hydrogen-bond donors (Lipinski definition) is 1. The van der Waals surface area contributed by atoms with Gasteiger partial charge in [0, 0.05) is 11.9 Å². The van der Waals surface area contributed by atoms with Gasteiger partial charge in [-0.3, -0.25) is 4.90 Å². The molecule has 4 heteroatoms. The van der Waals surface area contributed by atoms with Crippen molar-refractivity contribution in [1.82, 2.24) is 15.2 Å². The average Bonchev–Trinajstić information content (AvgIpc) is 2.83. The van der Waals surface area contributed by atoms with Crippen LogP contribution < -0.4 is 5.32 Å². The maximum atomic E-state index is 4.63. The van der Waals surface area contributed by atoms with Gasteiger partial charge in [-0.05, 0) is 52.2 Å². The second-order valence-electron chi connectivity index (χ2n) is 5.27. The molecule has 0 aromatic carbocycles. The number of nitrogens with one attached hydrogen (secondary N) is 1. The summed E-state index contributed by atoms with van der Waals surface area (Å²) in [4.78, 5) is 7.20. The summed E-state index contributed by atoms with van der Waals surface area (Å²) in [5, 5.41) is 6.89. The van der Waals surface area contributed by atoms with E-state index in [9.17, 15) is 0 Å². The SMILES string of the molecule is CCN(CC1CCCNC1)C(C)c1csc(C)n1. The van der Waals surface area contributed by atoms with Crippen LogP contribution >= 0.6 is 11.3 Å². The number of piperidine rings is 1. The van der Waals surface area contributed by atoms with Crippen molar-refractivity contribution in [3.8, 4) is 0 Å². The molecule has 0 spiro atoms. The Labute approximate surface area is 115 Å². The van der Waals surface area contributed by atoms with Crippen molar-refractivity contribution >= 4 is 11.3 Å². The van der Waals surface area contributed by atoms with E-state index in [2.05, 4.69) is 41.4 Å². The molecule has 0 aliphatic carbocycles. The number of rotatable bonds is 5. The summed E-state index contributed by atoms with van der Waals surface area (Å²) in [6, 6.07) is 0.446. The molecule has 1 saturated heterocycles. The first kappa shape index (κ1) is 14.0. The maximum absolute atomic E-state index is 4.63. The summed E-state index contributed by atoms with van der Waals surface area (Å²) < 4.78 is 0. The summed E-state index contributed by atoms with van der Waals surface area (Å²) >= 11 is 1.76. The second kappa shape index (κ2) is 6.64. The zero-order valence-corrected chi connectivity index (χ0v) is 12.6. The van der Waals surface area contributed by atoms with Crippen molar-refractivity contribution in [1.29, 1.82) is 0 Å². The summed E-state index contributed by atoms with van der Waals surface area (Å²) in [6.07, 6.45) is 2.69. The first-order chi connectivity index (χ1) is 8.70. The molecule has 1 aliphatic rings. The second-order valence-corrected chi connectivity index (χ2v) is 6.33. The Morgan fingerprint density at radius 2 is 2.44 bits per heavy atom. The van der Waals surface area contributed by atoms with Gasteiger partial charge >= 0.3 is 0 Å². The first-order valence-corrected chi connectivity index (χ1v) is 7.95. The average molecular weight is 267 g/mol. The molecule has 0 bridgehead atoms. The summed E-state index contributed by atoms with van der Waals surface area (Å²) in [5.41, 5.74) is 1.24. The normalized spacial score (nSPS) is 22.3. The maximum Gasteiger partial charge on any atom is 0.0898 e. The van der Waals surface area contributed by atoms with Gasteiger partial charge in [-0.2, -0.15) is 0 Å². The first-order valence-electron chi connectivity index (χ1n) is 7.07. The lowest BCUT2D eigenvalue weighted by molar-refractivity contribution is 0.169. The topological polar surface area (TPSA) is 28.2 Å². The van der Waals surface area contributed by atoms with Crippen LogP contribution in [0.3, 0.4) is 0 Å². The largest absolute Gasteiger partial charge is 0.316 e. The predicted octanol–water partition coefficient (Wildman–Crippen LogP) is 2.83.